The standard InChI is InChI=1S/C53H30N4OS/c1-2-13-32(14-3-1)51-54-52(35-23-25-48-40(27-35)39-19-9-11-21-47(39)59-48)56-53(55-51)43-30-36(29-41-38-18-8-10-20-46(38)58-50(41)43)57-44-24-22-31-12-6-7-17-37(31)49(44)42-26-33-15-4-5-16-34(33)28-45(42)57/h1-30H. The third kappa shape index (κ3) is 4.94. The number of benzene rings is 9. The highest BCUT2D eigenvalue weighted by Crippen LogP contribution is 2.43. The van der Waals surface area contributed by atoms with E-state index in [0.29, 0.717) is 17.5 Å². The third-order valence-electron chi connectivity index (χ3n) is 11.8. The molecule has 0 aliphatic rings. The maximum Gasteiger partial charge on any atom is 0.167 e. The van der Waals surface area contributed by atoms with Gasteiger partial charge in [-0.1, -0.05) is 121 Å². The molecule has 5 nitrogen and oxygen atoms in total. The van der Waals surface area contributed by atoms with Crippen molar-refractivity contribution in [1.29, 1.82) is 0 Å². The van der Waals surface area contributed by atoms with E-state index < -0.39 is 0 Å². The van der Waals surface area contributed by atoms with Crippen molar-refractivity contribution in [1.82, 2.24) is 19.5 Å². The molecular formula is C53H30N4OS. The summed E-state index contributed by atoms with van der Waals surface area (Å²) in [5.41, 5.74) is 7.45. The normalized spacial score (nSPS) is 12.1. The summed E-state index contributed by atoms with van der Waals surface area (Å²) in [4.78, 5) is 15.7. The van der Waals surface area contributed by atoms with E-state index in [2.05, 4.69) is 156 Å². The van der Waals surface area contributed by atoms with Crippen LogP contribution in [0.4, 0.5) is 0 Å². The Balaban J connectivity index is 1.13. The zero-order chi connectivity index (χ0) is 38.6. The first-order valence-corrected chi connectivity index (χ1v) is 20.6. The number of hydrogen-bond donors (Lipinski definition) is 0. The molecule has 0 amide bonds. The van der Waals surface area contributed by atoms with Crippen molar-refractivity contribution in [3.8, 4) is 39.9 Å². The fourth-order valence-electron chi connectivity index (χ4n) is 9.06. The molecule has 13 rings (SSSR count). The highest BCUT2D eigenvalue weighted by molar-refractivity contribution is 7.25. The zero-order valence-electron chi connectivity index (χ0n) is 31.4. The Bertz CT molecular complexity index is 3860. The number of para-hydroxylation sites is 1. The predicted molar refractivity (Wildman–Crippen MR) is 246 cm³/mol. The molecule has 0 unspecified atom stereocenters. The van der Waals surface area contributed by atoms with Gasteiger partial charge < -0.3 is 8.98 Å². The van der Waals surface area contributed by atoms with Crippen molar-refractivity contribution in [3.05, 3.63) is 182 Å². The Morgan fingerprint density at radius 2 is 1.08 bits per heavy atom. The van der Waals surface area contributed by atoms with E-state index in [1.807, 2.05) is 30.3 Å². The molecule has 0 saturated carbocycles. The molecule has 0 bridgehead atoms. The number of rotatable bonds is 4. The molecule has 274 valence electrons. The van der Waals surface area contributed by atoms with Crippen molar-refractivity contribution in [2.75, 3.05) is 0 Å². The lowest BCUT2D eigenvalue weighted by Gasteiger charge is -2.13. The lowest BCUT2D eigenvalue weighted by Crippen LogP contribution is -2.01. The van der Waals surface area contributed by atoms with Gasteiger partial charge >= 0.3 is 0 Å². The Morgan fingerprint density at radius 1 is 0.407 bits per heavy atom. The van der Waals surface area contributed by atoms with Crippen molar-refractivity contribution >= 4 is 96.8 Å². The minimum Gasteiger partial charge on any atom is -0.455 e. The van der Waals surface area contributed by atoms with Gasteiger partial charge in [0, 0.05) is 58.5 Å². The number of hydrogen-bond acceptors (Lipinski definition) is 5. The van der Waals surface area contributed by atoms with Crippen molar-refractivity contribution in [2.24, 2.45) is 0 Å². The van der Waals surface area contributed by atoms with E-state index in [9.17, 15) is 0 Å². The molecule has 0 spiro atoms. The maximum absolute atomic E-state index is 6.78. The average Bonchev–Trinajstić information content (AvgIpc) is 3.97. The number of thiophene rings is 1. The lowest BCUT2D eigenvalue weighted by atomic mass is 10.0. The predicted octanol–water partition coefficient (Wildman–Crippen LogP) is 14.5. The van der Waals surface area contributed by atoms with Crippen LogP contribution in [-0.2, 0) is 0 Å². The topological polar surface area (TPSA) is 56.7 Å². The van der Waals surface area contributed by atoms with Crippen LogP contribution in [0.5, 0.6) is 0 Å². The second-order valence-corrected chi connectivity index (χ2v) is 16.3. The van der Waals surface area contributed by atoms with Crippen LogP contribution >= 0.6 is 11.3 Å². The quantitative estimate of drug-likeness (QED) is 0.179. The van der Waals surface area contributed by atoms with Crippen LogP contribution in [0, 0.1) is 0 Å². The van der Waals surface area contributed by atoms with Gasteiger partial charge in [0.2, 0.25) is 0 Å². The molecule has 9 aromatic carbocycles. The summed E-state index contributed by atoms with van der Waals surface area (Å²) in [7, 11) is 0. The Morgan fingerprint density at radius 3 is 1.95 bits per heavy atom. The van der Waals surface area contributed by atoms with Crippen molar-refractivity contribution in [3.63, 3.8) is 0 Å². The summed E-state index contributed by atoms with van der Waals surface area (Å²) < 4.78 is 11.7. The van der Waals surface area contributed by atoms with E-state index in [0.717, 1.165) is 55.3 Å². The number of aromatic nitrogens is 4. The van der Waals surface area contributed by atoms with Gasteiger partial charge in [-0.25, -0.2) is 15.0 Å². The molecule has 6 heteroatoms. The maximum atomic E-state index is 6.78. The summed E-state index contributed by atoms with van der Waals surface area (Å²) in [5.74, 6) is 1.76. The largest absolute Gasteiger partial charge is 0.455 e. The second kappa shape index (κ2) is 12.4. The lowest BCUT2D eigenvalue weighted by molar-refractivity contribution is 0.669. The molecule has 0 aliphatic carbocycles. The molecule has 0 radical (unpaired) electrons. The average molecular weight is 771 g/mol. The van der Waals surface area contributed by atoms with Gasteiger partial charge in [0.05, 0.1) is 16.6 Å². The van der Waals surface area contributed by atoms with Gasteiger partial charge in [0.15, 0.2) is 17.5 Å². The van der Waals surface area contributed by atoms with Crippen LogP contribution in [0.25, 0.3) is 125 Å². The molecule has 0 atom stereocenters. The van der Waals surface area contributed by atoms with Gasteiger partial charge in [0.25, 0.3) is 0 Å². The highest BCUT2D eigenvalue weighted by Gasteiger charge is 2.23. The molecule has 59 heavy (non-hydrogen) atoms. The zero-order valence-corrected chi connectivity index (χ0v) is 32.2. The van der Waals surface area contributed by atoms with Crippen LogP contribution in [0.15, 0.2) is 186 Å². The van der Waals surface area contributed by atoms with Gasteiger partial charge in [-0.3, -0.25) is 0 Å². The SMILES string of the molecule is c1ccc(-c2nc(-c3ccc4sc5ccccc5c4c3)nc(-c3cc(-n4c5cc6ccccc6cc5c5c6ccccc6ccc54)cc4c3oc3ccccc34)n2)cc1. The smallest absolute Gasteiger partial charge is 0.167 e. The highest BCUT2D eigenvalue weighted by atomic mass is 32.1. The number of fused-ring (bicyclic) bond motifs is 12. The first kappa shape index (κ1) is 32.4. The second-order valence-electron chi connectivity index (χ2n) is 15.2. The molecule has 4 aromatic heterocycles. The molecule has 13 aromatic rings. The molecule has 0 N–H and O–H groups in total. The fourth-order valence-corrected chi connectivity index (χ4v) is 10.2. The van der Waals surface area contributed by atoms with Gasteiger partial charge in [-0.15, -0.1) is 11.3 Å². The van der Waals surface area contributed by atoms with Gasteiger partial charge in [-0.2, -0.15) is 0 Å². The van der Waals surface area contributed by atoms with Crippen molar-refractivity contribution in [2.45, 2.75) is 0 Å². The molecule has 0 aliphatic heterocycles. The Hall–Kier alpha value is -7.67. The molecule has 0 fully saturated rings. The Labute approximate surface area is 341 Å². The Kier molecular flexibility index (Phi) is 6.82. The fraction of sp³-hybridized carbons (Fsp3) is 0. The van der Waals surface area contributed by atoms with E-state index in [-0.39, 0.29) is 0 Å². The minimum absolute atomic E-state index is 0.548. The van der Waals surface area contributed by atoms with Crippen LogP contribution < -0.4 is 0 Å². The molecule has 4 heterocycles. The van der Waals surface area contributed by atoms with E-state index in [4.69, 9.17) is 19.4 Å². The monoisotopic (exact) mass is 770 g/mol. The van der Waals surface area contributed by atoms with Crippen LogP contribution in [0.2, 0.25) is 0 Å². The molecular weight excluding hydrogens is 741 g/mol. The van der Waals surface area contributed by atoms with Crippen molar-refractivity contribution < 1.29 is 4.42 Å². The van der Waals surface area contributed by atoms with Gasteiger partial charge in [-0.05, 0) is 82.2 Å². The number of furan rings is 1. The van der Waals surface area contributed by atoms with Crippen LogP contribution in [0.1, 0.15) is 0 Å². The minimum atomic E-state index is 0.548. The summed E-state index contributed by atoms with van der Waals surface area (Å²) in [6.45, 7) is 0. The van der Waals surface area contributed by atoms with Crippen LogP contribution in [0.3, 0.4) is 0 Å². The van der Waals surface area contributed by atoms with E-state index in [1.165, 1.54) is 52.5 Å². The summed E-state index contributed by atoms with van der Waals surface area (Å²) in [6.07, 6.45) is 0. The first-order valence-electron chi connectivity index (χ1n) is 19.8. The summed E-state index contributed by atoms with van der Waals surface area (Å²) >= 11 is 1.80. The van der Waals surface area contributed by atoms with Gasteiger partial charge in [0.1, 0.15) is 11.2 Å². The summed E-state index contributed by atoms with van der Waals surface area (Å²) in [6, 6.07) is 64.5. The molecule has 0 saturated heterocycles. The first-order chi connectivity index (χ1) is 29.2. The third-order valence-corrected chi connectivity index (χ3v) is 12.9. The van der Waals surface area contributed by atoms with Crippen LogP contribution in [-0.4, -0.2) is 19.5 Å². The van der Waals surface area contributed by atoms with E-state index >= 15 is 0 Å². The summed E-state index contributed by atoms with van der Waals surface area (Å²) in [5, 5.41) is 11.7. The number of nitrogens with zero attached hydrogens (tertiary/aromatic N) is 4. The van der Waals surface area contributed by atoms with E-state index in [1.54, 1.807) is 11.3 Å².